The molecule has 0 amide bonds. The van der Waals surface area contributed by atoms with Crippen LogP contribution in [-0.4, -0.2) is 303 Å². The number of ketones is 2. The molecule has 0 aromatic heterocycles. The summed E-state index contributed by atoms with van der Waals surface area (Å²) in [6.07, 6.45) is -4.16. The van der Waals surface area contributed by atoms with Gasteiger partial charge in [0.25, 0.3) is 0 Å². The number of hydrogen-bond donors (Lipinski definition) is 15. The highest BCUT2D eigenvalue weighted by Gasteiger charge is 2.48. The summed E-state index contributed by atoms with van der Waals surface area (Å²) >= 11 is 0. The van der Waals surface area contributed by atoms with Gasteiger partial charge in [0.05, 0.1) is 86.0 Å². The maximum absolute atomic E-state index is 11.9. The Bertz CT molecular complexity index is 2580. The van der Waals surface area contributed by atoms with Crippen molar-refractivity contribution in [2.24, 2.45) is 0 Å². The fourth-order valence-electron chi connectivity index (χ4n) is 11.8. The summed E-state index contributed by atoms with van der Waals surface area (Å²) in [4.78, 5) is 65.0. The fraction of sp³-hybridized carbons (Fsp3) is 0.868. The minimum absolute atomic E-state index is 0.0160. The van der Waals surface area contributed by atoms with E-state index in [2.05, 4.69) is 0 Å². The van der Waals surface area contributed by atoms with Gasteiger partial charge in [-0.2, -0.15) is 0 Å². The van der Waals surface area contributed by atoms with Crippen LogP contribution in [0.15, 0.2) is 23.8 Å². The number of allylic oxidation sites excluding steroid dienone is 2. The largest absolute Gasteiger partial charge is 0.481 e. The molecule has 29 atom stereocenters. The molecule has 6 aliphatic rings. The molecule has 0 aromatic rings. The van der Waals surface area contributed by atoms with E-state index >= 15 is 0 Å². The van der Waals surface area contributed by atoms with Gasteiger partial charge in [-0.25, -0.2) is 9.59 Å². The molecule has 642 valence electrons. The molecule has 0 aliphatic carbocycles. The number of carboxylic acids is 3. The number of rotatable bonds is 38. The summed E-state index contributed by atoms with van der Waals surface area (Å²) < 4.78 is 72.1. The molecule has 0 spiro atoms. The van der Waals surface area contributed by atoms with Crippen LogP contribution < -0.4 is 0 Å². The highest BCUT2D eigenvalue weighted by atomic mass is 16.8. The zero-order valence-electron chi connectivity index (χ0n) is 66.4. The van der Waals surface area contributed by atoms with Gasteiger partial charge in [0.1, 0.15) is 72.6 Å². The molecular weight excluding hydrogens is 1460 g/mol. The van der Waals surface area contributed by atoms with Crippen LogP contribution >= 0.6 is 0 Å². The van der Waals surface area contributed by atoms with Crippen LogP contribution in [-0.2, 0) is 90.3 Å². The van der Waals surface area contributed by atoms with Crippen LogP contribution in [0.3, 0.4) is 0 Å². The van der Waals surface area contributed by atoms with Crippen molar-refractivity contribution in [1.82, 2.24) is 0 Å². The molecule has 0 radical (unpaired) electrons. The first-order valence-electron chi connectivity index (χ1n) is 38.7. The smallest absolute Gasteiger partial charge is 0.333 e. The second-order valence-electron chi connectivity index (χ2n) is 29.4. The minimum Gasteiger partial charge on any atom is -0.481 e. The molecule has 34 nitrogen and oxygen atoms in total. The highest BCUT2D eigenvalue weighted by Crippen LogP contribution is 2.32. The van der Waals surface area contributed by atoms with Crippen molar-refractivity contribution in [1.29, 1.82) is 0 Å². The second-order valence-corrected chi connectivity index (χ2v) is 29.4. The number of hydrogen-bond acceptors (Lipinski definition) is 31. The van der Waals surface area contributed by atoms with Crippen molar-refractivity contribution in [3.05, 3.63) is 23.8 Å². The van der Waals surface area contributed by atoms with E-state index in [0.717, 1.165) is 63.9 Å². The molecular formula is C76H134O34. The average molecular weight is 1590 g/mol. The van der Waals surface area contributed by atoms with Gasteiger partial charge in [-0.3, -0.25) is 9.59 Å². The first-order valence-corrected chi connectivity index (χ1v) is 38.7. The number of carbonyl (C=O) groups excluding carboxylic acids is 3. The molecule has 0 saturated carbocycles. The van der Waals surface area contributed by atoms with Gasteiger partial charge in [-0.05, 0) is 141 Å². The molecule has 0 bridgehead atoms. The Morgan fingerprint density at radius 1 is 0.418 bits per heavy atom. The van der Waals surface area contributed by atoms with Gasteiger partial charge >= 0.3 is 23.9 Å². The van der Waals surface area contributed by atoms with E-state index in [1.807, 2.05) is 13.8 Å². The Labute approximate surface area is 646 Å². The van der Waals surface area contributed by atoms with Crippen LogP contribution in [0.4, 0.5) is 0 Å². The van der Waals surface area contributed by atoms with Crippen LogP contribution in [0, 0.1) is 0 Å². The van der Waals surface area contributed by atoms with Crippen molar-refractivity contribution >= 4 is 35.4 Å². The lowest BCUT2D eigenvalue weighted by molar-refractivity contribution is -0.352. The molecule has 12 unspecified atom stereocenters. The molecule has 6 aliphatic heterocycles. The quantitative estimate of drug-likeness (QED) is 0.0237. The van der Waals surface area contributed by atoms with Crippen LogP contribution in [0.5, 0.6) is 0 Å². The number of unbranched alkanes of at least 4 members (excludes halogenated alkanes) is 7. The van der Waals surface area contributed by atoms with Gasteiger partial charge in [0.15, 0.2) is 37.7 Å². The van der Waals surface area contributed by atoms with E-state index in [1.54, 1.807) is 74.5 Å². The van der Waals surface area contributed by atoms with Gasteiger partial charge in [0, 0.05) is 76.0 Å². The van der Waals surface area contributed by atoms with E-state index in [9.17, 15) is 90.0 Å². The number of Topliss-reactive ketones (excluding diaryl/α,β-unsaturated/α-hetero) is 2. The molecule has 6 heterocycles. The molecule has 6 rings (SSSR count). The SMILES string of the molecule is C/C=C(\C)C(=O)O[C@@H]1CC(O)[C@H](O[C@H](C)CCCC/C=C/C(=O)O)OC1C.CC(=O)CC[C@@H](C)O[C@@H]1OC(C)[C@H](O)CC1O.CC(=O)CC[C@@H](C)O[C@@H]1OC(C)[C@H](O)CC1O[C@@H]1OC(CO)[C@@H](O)C(O)[C@@H]1O.CC1O[C@@H](OCCCCCCCCC(=O)O)C(O)C[C@H]1O.CC1O[C@@H](O[C@H](C)CCC(=O)O)C(O)C[C@H]1O. The van der Waals surface area contributed by atoms with E-state index in [4.69, 9.17) is 76.9 Å². The highest BCUT2D eigenvalue weighted by molar-refractivity contribution is 5.87. The van der Waals surface area contributed by atoms with E-state index < -0.39 is 166 Å². The first-order chi connectivity index (χ1) is 51.7. The second kappa shape index (κ2) is 54.6. The number of ether oxygens (including phenoxy) is 13. The molecule has 0 aromatic carbocycles. The molecule has 34 heteroatoms. The van der Waals surface area contributed by atoms with Crippen molar-refractivity contribution < 1.29 is 167 Å². The number of aliphatic hydroxyl groups is 12. The predicted molar refractivity (Wildman–Crippen MR) is 391 cm³/mol. The minimum atomic E-state index is -1.57. The topological polar surface area (TPSA) is 526 Å². The van der Waals surface area contributed by atoms with Crippen molar-refractivity contribution in [3.63, 3.8) is 0 Å². The Morgan fingerprint density at radius 2 is 0.818 bits per heavy atom. The van der Waals surface area contributed by atoms with Crippen molar-refractivity contribution in [3.8, 4) is 0 Å². The number of carboxylic acid groups (broad SMARTS) is 3. The van der Waals surface area contributed by atoms with Crippen LogP contribution in [0.1, 0.15) is 231 Å². The third-order valence-corrected chi connectivity index (χ3v) is 19.2. The van der Waals surface area contributed by atoms with Crippen LogP contribution in [0.2, 0.25) is 0 Å². The predicted octanol–water partition coefficient (Wildman–Crippen LogP) is 3.81. The number of aliphatic hydroxyl groups excluding tert-OH is 12. The third-order valence-electron chi connectivity index (χ3n) is 19.2. The van der Waals surface area contributed by atoms with Gasteiger partial charge in [0.2, 0.25) is 0 Å². The summed E-state index contributed by atoms with van der Waals surface area (Å²) in [5, 5.41) is 143. The molecule has 6 fully saturated rings. The van der Waals surface area contributed by atoms with Crippen molar-refractivity contribution in [2.75, 3.05) is 13.2 Å². The lowest BCUT2D eigenvalue weighted by atomic mass is 9.98. The van der Waals surface area contributed by atoms with Crippen LogP contribution in [0.25, 0.3) is 0 Å². The fourth-order valence-corrected chi connectivity index (χ4v) is 11.8. The Hall–Kier alpha value is -4.26. The zero-order valence-corrected chi connectivity index (χ0v) is 66.4. The lowest BCUT2D eigenvalue weighted by Gasteiger charge is -2.44. The molecule has 15 N–H and O–H groups in total. The summed E-state index contributed by atoms with van der Waals surface area (Å²) in [5.74, 6) is -2.79. The number of aliphatic carboxylic acids is 3. The number of carbonyl (C=O) groups is 6. The van der Waals surface area contributed by atoms with E-state index in [0.29, 0.717) is 50.7 Å². The van der Waals surface area contributed by atoms with Gasteiger partial charge in [-0.1, -0.05) is 44.3 Å². The maximum atomic E-state index is 11.9. The first kappa shape index (κ1) is 102. The monoisotopic (exact) mass is 1590 g/mol. The Morgan fingerprint density at radius 3 is 1.28 bits per heavy atom. The number of esters is 1. The Kier molecular flexibility index (Phi) is 50.5. The standard InChI is InChI=1S/C20H32O7.C18H32O10.C15H28O6.C12H22O5.C11H20O6/c1-5-13(2)19(24)27-17-12-16(21)20(26-15(17)4)25-14(3)10-8-6-7-9-11-18(22)23;1-8(20)4-5-9(2)25-17-12(6-11(21)10(3)26-17)27-18-16(24)15(23)14(22)13(7-19)28-18;1-11-12(16)10-13(17)15(21-11)20-9-7-5-3-2-4-6-8-14(18)19;1-7(13)4-5-8(2)16-12-11(15)6-10(14)9(3)17-12;1-6(3-4-10(14)15)16-11-9(13)5-8(12)7(2)17-11/h5,9,11,14-17,20-21H,6-8,10,12H2,1-4H3,(H,22,23);9-19,21-24H,4-7H2,1-3H3;11-13,15-17H,2-10H2,1H3,(H,18,19);8-12,14-15H,4-6H2,1-3H3;6-9,11-13H,3-5H2,1-2H3,(H,14,15)/b11-9+,13-5+;;;;/t14-,15?,16?,17-,20-;9-,10?,11-,12?,13?,14-,15?,16+,17-,18-;11?,12-,13?,15-;8-,9?,10-,11?,12-;6-,7?,8-,9?,11-/m11111/s1. The lowest BCUT2D eigenvalue weighted by Crippen LogP contribution is -2.61. The zero-order chi connectivity index (χ0) is 83.1. The summed E-state index contributed by atoms with van der Waals surface area (Å²) in [7, 11) is 0. The van der Waals surface area contributed by atoms with E-state index in [-0.39, 0.29) is 99.2 Å². The molecule has 110 heavy (non-hydrogen) atoms. The van der Waals surface area contributed by atoms with E-state index in [1.165, 1.54) is 13.8 Å². The van der Waals surface area contributed by atoms with Gasteiger partial charge in [-0.15, -0.1) is 0 Å². The Balaban J connectivity index is 0.000000474. The normalized spacial score (nSPS) is 34.3. The molecule has 6 saturated heterocycles. The summed E-state index contributed by atoms with van der Waals surface area (Å²) in [5.41, 5.74) is 0.516. The maximum Gasteiger partial charge on any atom is 0.333 e. The average Bonchev–Trinajstić information content (AvgIpc) is 0.802. The summed E-state index contributed by atoms with van der Waals surface area (Å²) in [6, 6.07) is 0. The summed E-state index contributed by atoms with van der Waals surface area (Å²) in [6.45, 7) is 22.4. The third kappa shape index (κ3) is 40.8. The van der Waals surface area contributed by atoms with Crippen molar-refractivity contribution in [2.45, 2.75) is 409 Å². The van der Waals surface area contributed by atoms with Gasteiger partial charge < -0.3 is 148 Å².